The van der Waals surface area contributed by atoms with Crippen LogP contribution >= 0.6 is 11.3 Å². The Hall–Kier alpha value is -0.600. The molecule has 1 atom stereocenters. The van der Waals surface area contributed by atoms with Crippen LogP contribution in [0.5, 0.6) is 0 Å². The highest BCUT2D eigenvalue weighted by Crippen LogP contribution is 2.32. The van der Waals surface area contributed by atoms with Crippen molar-refractivity contribution < 1.29 is 0 Å². The van der Waals surface area contributed by atoms with E-state index in [0.29, 0.717) is 0 Å². The molecule has 1 aromatic rings. The number of rotatable bonds is 3. The summed E-state index contributed by atoms with van der Waals surface area (Å²) in [7, 11) is 0. The minimum Gasteiger partial charge on any atom is -0.323 e. The summed E-state index contributed by atoms with van der Waals surface area (Å²) in [6, 6.07) is 2.50. The Bertz CT molecular complexity index is 317. The van der Waals surface area contributed by atoms with Crippen LogP contribution in [0, 0.1) is 0 Å². The molecule has 15 heavy (non-hydrogen) atoms. The molecule has 0 amide bonds. The summed E-state index contributed by atoms with van der Waals surface area (Å²) in [6.07, 6.45) is 9.40. The second-order valence-electron chi connectivity index (χ2n) is 4.29. The summed E-state index contributed by atoms with van der Waals surface area (Å²) in [6.45, 7) is 3.75. The molecule has 0 bridgehead atoms. The van der Waals surface area contributed by atoms with E-state index < -0.39 is 0 Å². The number of hydrogen-bond donors (Lipinski definition) is 1. The minimum absolute atomic E-state index is 0.166. The van der Waals surface area contributed by atoms with E-state index in [9.17, 15) is 0 Å². The molecule has 0 spiro atoms. The lowest BCUT2D eigenvalue weighted by Gasteiger charge is -2.04. The van der Waals surface area contributed by atoms with Crippen LogP contribution in [0.2, 0.25) is 0 Å². The molecule has 0 radical (unpaired) electrons. The predicted octanol–water partition coefficient (Wildman–Crippen LogP) is 3.59. The van der Waals surface area contributed by atoms with Crippen LogP contribution in [0.15, 0.2) is 18.7 Å². The summed E-state index contributed by atoms with van der Waals surface area (Å²) in [4.78, 5) is 2.93. The maximum Gasteiger partial charge on any atom is 0.0424 e. The van der Waals surface area contributed by atoms with Crippen LogP contribution in [0.3, 0.4) is 0 Å². The van der Waals surface area contributed by atoms with Gasteiger partial charge in [-0.05, 0) is 43.7 Å². The van der Waals surface area contributed by atoms with Gasteiger partial charge in [-0.1, -0.05) is 12.5 Å². The third-order valence-electron chi connectivity index (χ3n) is 3.05. The second-order valence-corrected chi connectivity index (χ2v) is 5.46. The molecule has 0 fully saturated rings. The zero-order valence-electron chi connectivity index (χ0n) is 9.17. The molecule has 0 aliphatic heterocycles. The van der Waals surface area contributed by atoms with Crippen molar-refractivity contribution in [2.24, 2.45) is 5.73 Å². The number of nitrogens with two attached hydrogens (primary N) is 1. The Morgan fingerprint density at radius 3 is 3.00 bits per heavy atom. The molecular weight excluding hydrogens is 202 g/mol. The van der Waals surface area contributed by atoms with E-state index in [2.05, 4.69) is 12.6 Å². The normalized spacial score (nSPS) is 17.9. The van der Waals surface area contributed by atoms with Crippen LogP contribution in [-0.4, -0.2) is 0 Å². The Labute approximate surface area is 96.0 Å². The van der Waals surface area contributed by atoms with Crippen molar-refractivity contribution in [3.05, 3.63) is 34.0 Å². The Morgan fingerprint density at radius 2 is 2.20 bits per heavy atom. The van der Waals surface area contributed by atoms with Crippen LogP contribution in [0.4, 0.5) is 0 Å². The van der Waals surface area contributed by atoms with Gasteiger partial charge >= 0.3 is 0 Å². The first kappa shape index (κ1) is 10.9. The fraction of sp³-hybridized carbons (Fsp3) is 0.538. The van der Waals surface area contributed by atoms with Gasteiger partial charge in [0.25, 0.3) is 0 Å². The van der Waals surface area contributed by atoms with Gasteiger partial charge in [0.1, 0.15) is 0 Å². The van der Waals surface area contributed by atoms with Crippen molar-refractivity contribution in [3.8, 4) is 0 Å². The standard InChI is InChI=1S/C13H19NS/c1-2-6-11(14)13-9-10-7-4-3-5-8-12(10)15-13/h2,9,11H,1,3-8,14H2. The molecule has 1 nitrogen and oxygen atoms in total. The largest absolute Gasteiger partial charge is 0.323 e. The van der Waals surface area contributed by atoms with Crippen LogP contribution < -0.4 is 5.73 Å². The molecule has 1 unspecified atom stereocenters. The molecular formula is C13H19NS. The van der Waals surface area contributed by atoms with Crippen molar-refractivity contribution in [2.75, 3.05) is 0 Å². The lowest BCUT2D eigenvalue weighted by Crippen LogP contribution is -2.06. The van der Waals surface area contributed by atoms with Gasteiger partial charge in [0, 0.05) is 15.8 Å². The highest BCUT2D eigenvalue weighted by molar-refractivity contribution is 7.12. The average Bonchev–Trinajstić information content (AvgIpc) is 2.51. The van der Waals surface area contributed by atoms with Crippen LogP contribution in [-0.2, 0) is 12.8 Å². The number of fused-ring (bicyclic) bond motifs is 1. The first-order valence-electron chi connectivity index (χ1n) is 5.79. The molecule has 1 aromatic heterocycles. The molecule has 0 aromatic carbocycles. The Morgan fingerprint density at radius 1 is 1.40 bits per heavy atom. The molecule has 1 aliphatic rings. The first-order chi connectivity index (χ1) is 7.31. The van der Waals surface area contributed by atoms with Crippen molar-refractivity contribution in [2.45, 2.75) is 44.6 Å². The summed E-state index contributed by atoms with van der Waals surface area (Å²) < 4.78 is 0. The Kier molecular flexibility index (Phi) is 3.60. The van der Waals surface area contributed by atoms with Crippen molar-refractivity contribution in [1.82, 2.24) is 0 Å². The van der Waals surface area contributed by atoms with Gasteiger partial charge in [-0.3, -0.25) is 0 Å². The van der Waals surface area contributed by atoms with Gasteiger partial charge in [-0.15, -0.1) is 17.9 Å². The maximum absolute atomic E-state index is 6.10. The lowest BCUT2D eigenvalue weighted by atomic mass is 10.1. The van der Waals surface area contributed by atoms with Gasteiger partial charge in [0.2, 0.25) is 0 Å². The highest BCUT2D eigenvalue weighted by atomic mass is 32.1. The van der Waals surface area contributed by atoms with E-state index in [1.807, 2.05) is 17.4 Å². The SMILES string of the molecule is C=CCC(N)c1cc2c(s1)CCCCC2. The summed E-state index contributed by atoms with van der Waals surface area (Å²) >= 11 is 1.92. The van der Waals surface area contributed by atoms with Gasteiger partial charge in [-0.2, -0.15) is 0 Å². The molecule has 1 heterocycles. The topological polar surface area (TPSA) is 26.0 Å². The second kappa shape index (κ2) is 4.95. The first-order valence-corrected chi connectivity index (χ1v) is 6.61. The van der Waals surface area contributed by atoms with Crippen LogP contribution in [0.1, 0.15) is 47.0 Å². The van der Waals surface area contributed by atoms with E-state index in [0.717, 1.165) is 6.42 Å². The molecule has 1 aliphatic carbocycles. The average molecular weight is 221 g/mol. The number of aryl methyl sites for hydroxylation is 2. The van der Waals surface area contributed by atoms with E-state index >= 15 is 0 Å². The molecule has 0 saturated heterocycles. The summed E-state index contributed by atoms with van der Waals surface area (Å²) in [5, 5.41) is 0. The summed E-state index contributed by atoms with van der Waals surface area (Å²) in [5.74, 6) is 0. The Balaban J connectivity index is 2.17. The van der Waals surface area contributed by atoms with E-state index in [4.69, 9.17) is 5.73 Å². The van der Waals surface area contributed by atoms with Crippen LogP contribution in [0.25, 0.3) is 0 Å². The fourth-order valence-electron chi connectivity index (χ4n) is 2.17. The van der Waals surface area contributed by atoms with Gasteiger partial charge in [0.15, 0.2) is 0 Å². The van der Waals surface area contributed by atoms with E-state index in [1.165, 1.54) is 37.0 Å². The lowest BCUT2D eigenvalue weighted by molar-refractivity contribution is 0.710. The van der Waals surface area contributed by atoms with Gasteiger partial charge < -0.3 is 5.73 Å². The molecule has 82 valence electrons. The van der Waals surface area contributed by atoms with Crippen molar-refractivity contribution >= 4 is 11.3 Å². The van der Waals surface area contributed by atoms with Gasteiger partial charge in [0.05, 0.1) is 0 Å². The quantitative estimate of drug-likeness (QED) is 0.612. The molecule has 2 heteroatoms. The fourth-order valence-corrected chi connectivity index (χ4v) is 3.44. The summed E-state index contributed by atoms with van der Waals surface area (Å²) in [5.41, 5.74) is 7.66. The van der Waals surface area contributed by atoms with Gasteiger partial charge in [-0.25, -0.2) is 0 Å². The van der Waals surface area contributed by atoms with E-state index in [-0.39, 0.29) is 6.04 Å². The third kappa shape index (κ3) is 2.50. The monoisotopic (exact) mass is 221 g/mol. The minimum atomic E-state index is 0.166. The smallest absolute Gasteiger partial charge is 0.0424 e. The highest BCUT2D eigenvalue weighted by Gasteiger charge is 2.15. The maximum atomic E-state index is 6.10. The zero-order valence-corrected chi connectivity index (χ0v) is 9.98. The number of thiophene rings is 1. The molecule has 2 N–H and O–H groups in total. The van der Waals surface area contributed by atoms with E-state index in [1.54, 1.807) is 10.4 Å². The zero-order chi connectivity index (χ0) is 10.7. The predicted molar refractivity (Wildman–Crippen MR) is 67.3 cm³/mol. The van der Waals surface area contributed by atoms with Crippen molar-refractivity contribution in [1.29, 1.82) is 0 Å². The molecule has 2 rings (SSSR count). The third-order valence-corrected chi connectivity index (χ3v) is 4.42. The molecule has 0 saturated carbocycles. The van der Waals surface area contributed by atoms with Crippen molar-refractivity contribution in [3.63, 3.8) is 0 Å². The number of hydrogen-bond acceptors (Lipinski definition) is 2.